The molecule has 2 amide bonds. The van der Waals surface area contributed by atoms with E-state index in [1.165, 1.54) is 29.2 Å². The minimum Gasteiger partial charge on any atom is -0.449 e. The summed E-state index contributed by atoms with van der Waals surface area (Å²) in [7, 11) is 0. The zero-order valence-electron chi connectivity index (χ0n) is 18.9. The average Bonchev–Trinajstić information content (AvgIpc) is 3.15. The van der Waals surface area contributed by atoms with Gasteiger partial charge < -0.3 is 15.4 Å². The van der Waals surface area contributed by atoms with Crippen molar-refractivity contribution in [1.29, 1.82) is 0 Å². The third-order valence-electron chi connectivity index (χ3n) is 5.62. The quantitative estimate of drug-likeness (QED) is 0.461. The number of hydrogen-bond acceptors (Lipinski definition) is 4. The van der Waals surface area contributed by atoms with E-state index < -0.39 is 6.09 Å². The standard InChI is InChI=1S/C28H26N2O4/c1-19(31)17-27(32)30-21-14-12-20(13-15-21)7-6-16-29-28(33)34-18-26-24-10-4-2-8-22(24)23-9-3-5-11-25(23)26/h2-15,26H,16-18H2,1H3,(H,29,33)(H,30,32). The Bertz CT molecular complexity index is 1190. The molecule has 0 spiro atoms. The van der Waals surface area contributed by atoms with E-state index >= 15 is 0 Å². The maximum atomic E-state index is 12.2. The Morgan fingerprint density at radius 3 is 2.12 bits per heavy atom. The van der Waals surface area contributed by atoms with Gasteiger partial charge in [0.25, 0.3) is 0 Å². The minimum atomic E-state index is -0.463. The Morgan fingerprint density at radius 2 is 1.50 bits per heavy atom. The molecule has 0 bridgehead atoms. The predicted octanol–water partition coefficient (Wildman–Crippen LogP) is 5.16. The Balaban J connectivity index is 1.24. The van der Waals surface area contributed by atoms with Gasteiger partial charge in [0.2, 0.25) is 5.91 Å². The van der Waals surface area contributed by atoms with Crippen molar-refractivity contribution < 1.29 is 19.1 Å². The number of fused-ring (bicyclic) bond motifs is 3. The fourth-order valence-electron chi connectivity index (χ4n) is 4.10. The molecule has 0 radical (unpaired) electrons. The number of alkyl carbamates (subject to hydrolysis) is 1. The molecule has 0 heterocycles. The van der Waals surface area contributed by atoms with E-state index in [0.29, 0.717) is 12.2 Å². The van der Waals surface area contributed by atoms with Crippen LogP contribution in [0, 0.1) is 0 Å². The molecule has 0 aromatic heterocycles. The summed E-state index contributed by atoms with van der Waals surface area (Å²) in [6, 6.07) is 23.6. The van der Waals surface area contributed by atoms with Crippen molar-refractivity contribution >= 4 is 29.5 Å². The highest BCUT2D eigenvalue weighted by atomic mass is 16.5. The van der Waals surface area contributed by atoms with Crippen molar-refractivity contribution in [3.63, 3.8) is 0 Å². The second kappa shape index (κ2) is 10.6. The number of hydrogen-bond donors (Lipinski definition) is 2. The zero-order valence-corrected chi connectivity index (χ0v) is 18.9. The first kappa shape index (κ1) is 23.0. The predicted molar refractivity (Wildman–Crippen MR) is 132 cm³/mol. The molecular formula is C28H26N2O4. The Kier molecular flexibility index (Phi) is 7.18. The lowest BCUT2D eigenvalue weighted by Crippen LogP contribution is -2.26. The summed E-state index contributed by atoms with van der Waals surface area (Å²) < 4.78 is 5.52. The number of Topliss-reactive ketones (excluding diaryl/α,β-unsaturated/α-hetero) is 1. The van der Waals surface area contributed by atoms with Gasteiger partial charge in [0.1, 0.15) is 12.4 Å². The number of carbonyl (C=O) groups excluding carboxylic acids is 3. The zero-order chi connectivity index (χ0) is 23.9. The summed E-state index contributed by atoms with van der Waals surface area (Å²) in [5.41, 5.74) is 6.28. The second-order valence-electron chi connectivity index (χ2n) is 8.16. The molecule has 1 aliphatic rings. The van der Waals surface area contributed by atoms with Gasteiger partial charge in [-0.2, -0.15) is 0 Å². The van der Waals surface area contributed by atoms with E-state index in [1.54, 1.807) is 12.1 Å². The number of anilines is 1. The van der Waals surface area contributed by atoms with E-state index in [2.05, 4.69) is 34.9 Å². The van der Waals surface area contributed by atoms with E-state index in [-0.39, 0.29) is 30.6 Å². The van der Waals surface area contributed by atoms with Crippen LogP contribution in [0.25, 0.3) is 17.2 Å². The molecule has 172 valence electrons. The normalized spacial score (nSPS) is 12.1. The van der Waals surface area contributed by atoms with Crippen LogP contribution < -0.4 is 10.6 Å². The molecule has 1 aliphatic carbocycles. The molecule has 0 unspecified atom stereocenters. The topological polar surface area (TPSA) is 84.5 Å². The number of carbonyl (C=O) groups is 3. The largest absolute Gasteiger partial charge is 0.449 e. The minimum absolute atomic E-state index is 0.0307. The molecule has 2 N–H and O–H groups in total. The summed E-state index contributed by atoms with van der Waals surface area (Å²) in [6.45, 7) is 1.98. The molecule has 0 fully saturated rings. The van der Waals surface area contributed by atoms with Crippen LogP contribution in [-0.4, -0.2) is 30.9 Å². The van der Waals surface area contributed by atoms with Gasteiger partial charge in [-0.05, 0) is 46.9 Å². The number of amides is 2. The van der Waals surface area contributed by atoms with Crippen molar-refractivity contribution in [3.05, 3.63) is 95.6 Å². The van der Waals surface area contributed by atoms with Crippen molar-refractivity contribution in [2.24, 2.45) is 0 Å². The van der Waals surface area contributed by atoms with Crippen molar-refractivity contribution in [3.8, 4) is 11.1 Å². The van der Waals surface area contributed by atoms with E-state index in [4.69, 9.17) is 4.74 Å². The van der Waals surface area contributed by atoms with Crippen LogP contribution in [0.2, 0.25) is 0 Å². The Hall–Kier alpha value is -4.19. The lowest BCUT2D eigenvalue weighted by atomic mass is 9.98. The molecule has 3 aromatic carbocycles. The van der Waals surface area contributed by atoms with Crippen LogP contribution in [0.5, 0.6) is 0 Å². The van der Waals surface area contributed by atoms with Gasteiger partial charge in [-0.15, -0.1) is 0 Å². The van der Waals surface area contributed by atoms with Crippen LogP contribution >= 0.6 is 0 Å². The number of rotatable bonds is 8. The van der Waals surface area contributed by atoms with Gasteiger partial charge in [0.15, 0.2) is 0 Å². The highest BCUT2D eigenvalue weighted by Crippen LogP contribution is 2.44. The van der Waals surface area contributed by atoms with Crippen LogP contribution in [0.4, 0.5) is 10.5 Å². The van der Waals surface area contributed by atoms with Crippen molar-refractivity contribution in [2.45, 2.75) is 19.3 Å². The van der Waals surface area contributed by atoms with Crippen LogP contribution in [0.15, 0.2) is 78.9 Å². The highest BCUT2D eigenvalue weighted by molar-refractivity contribution is 6.03. The molecule has 0 atom stereocenters. The molecule has 0 saturated carbocycles. The first-order valence-corrected chi connectivity index (χ1v) is 11.2. The van der Waals surface area contributed by atoms with E-state index in [0.717, 1.165) is 5.56 Å². The first-order chi connectivity index (χ1) is 16.5. The lowest BCUT2D eigenvalue weighted by molar-refractivity contribution is -0.124. The van der Waals surface area contributed by atoms with Crippen LogP contribution in [0.1, 0.15) is 36.0 Å². The SMILES string of the molecule is CC(=O)CC(=O)Nc1ccc(C=CCNC(=O)OCC2c3ccccc3-c3ccccc32)cc1. The van der Waals surface area contributed by atoms with Crippen LogP contribution in [-0.2, 0) is 14.3 Å². The average molecular weight is 455 g/mol. The first-order valence-electron chi connectivity index (χ1n) is 11.2. The highest BCUT2D eigenvalue weighted by Gasteiger charge is 2.28. The third kappa shape index (κ3) is 5.59. The molecular weight excluding hydrogens is 428 g/mol. The van der Waals surface area contributed by atoms with Gasteiger partial charge in [-0.25, -0.2) is 4.79 Å². The fourth-order valence-corrected chi connectivity index (χ4v) is 4.10. The molecule has 4 rings (SSSR count). The van der Waals surface area contributed by atoms with Gasteiger partial charge in [-0.1, -0.05) is 72.8 Å². The summed E-state index contributed by atoms with van der Waals surface area (Å²) in [5, 5.41) is 5.42. The van der Waals surface area contributed by atoms with Gasteiger partial charge in [0, 0.05) is 18.2 Å². The van der Waals surface area contributed by atoms with Crippen molar-refractivity contribution in [1.82, 2.24) is 5.32 Å². The third-order valence-corrected chi connectivity index (χ3v) is 5.62. The summed E-state index contributed by atoms with van der Waals surface area (Å²) in [5.74, 6) is -0.479. The number of nitrogens with one attached hydrogen (secondary N) is 2. The monoisotopic (exact) mass is 454 g/mol. The molecule has 0 saturated heterocycles. The molecule has 6 nitrogen and oxygen atoms in total. The summed E-state index contributed by atoms with van der Waals surface area (Å²) in [4.78, 5) is 34.9. The Morgan fingerprint density at radius 1 is 0.882 bits per heavy atom. The molecule has 6 heteroatoms. The Labute approximate surface area is 198 Å². The lowest BCUT2D eigenvalue weighted by Gasteiger charge is -2.14. The maximum absolute atomic E-state index is 12.2. The molecule has 0 aliphatic heterocycles. The van der Waals surface area contributed by atoms with E-state index in [1.807, 2.05) is 48.6 Å². The number of ether oxygens (including phenoxy) is 1. The van der Waals surface area contributed by atoms with Gasteiger partial charge in [-0.3, -0.25) is 9.59 Å². The number of benzene rings is 3. The van der Waals surface area contributed by atoms with Crippen LogP contribution in [0.3, 0.4) is 0 Å². The summed E-state index contributed by atoms with van der Waals surface area (Å²) in [6.07, 6.45) is 3.09. The fraction of sp³-hybridized carbons (Fsp3) is 0.179. The van der Waals surface area contributed by atoms with Crippen molar-refractivity contribution in [2.75, 3.05) is 18.5 Å². The second-order valence-corrected chi connectivity index (χ2v) is 8.16. The molecule has 34 heavy (non-hydrogen) atoms. The molecule has 3 aromatic rings. The van der Waals surface area contributed by atoms with Gasteiger partial charge >= 0.3 is 6.09 Å². The van der Waals surface area contributed by atoms with Gasteiger partial charge in [0.05, 0.1) is 6.42 Å². The summed E-state index contributed by atoms with van der Waals surface area (Å²) >= 11 is 0. The maximum Gasteiger partial charge on any atom is 0.407 e. The smallest absolute Gasteiger partial charge is 0.407 e. The number of ketones is 1. The van der Waals surface area contributed by atoms with E-state index in [9.17, 15) is 14.4 Å².